The molecule has 5 nitrogen and oxygen atoms in total. The smallest absolute Gasteiger partial charge is 0.272 e. The zero-order valence-corrected chi connectivity index (χ0v) is 11.6. The Kier molecular flexibility index (Phi) is 4.53. The maximum atomic E-state index is 12.0. The molecule has 2 N–H and O–H groups in total. The monoisotopic (exact) mass is 291 g/mol. The number of benzene rings is 1. The highest BCUT2D eigenvalue weighted by molar-refractivity contribution is 6.30. The number of carbonyl (C=O) groups is 1. The Morgan fingerprint density at radius 1 is 1.30 bits per heavy atom. The third-order valence-electron chi connectivity index (χ3n) is 2.90. The molecule has 104 valence electrons. The van der Waals surface area contributed by atoms with E-state index in [1.165, 1.54) is 12.1 Å². The van der Waals surface area contributed by atoms with Gasteiger partial charge in [-0.15, -0.1) is 0 Å². The van der Waals surface area contributed by atoms with Crippen molar-refractivity contribution < 1.29 is 4.79 Å². The second-order valence-corrected chi connectivity index (χ2v) is 4.73. The molecule has 0 spiro atoms. The van der Waals surface area contributed by atoms with Crippen LogP contribution in [0.25, 0.3) is 0 Å². The van der Waals surface area contributed by atoms with Gasteiger partial charge in [-0.25, -0.2) is 5.10 Å². The first-order valence-electron chi connectivity index (χ1n) is 6.22. The Hall–Kier alpha value is -2.14. The van der Waals surface area contributed by atoms with E-state index in [4.69, 9.17) is 11.6 Å². The number of amides is 1. The van der Waals surface area contributed by atoms with E-state index in [1.54, 1.807) is 12.1 Å². The summed E-state index contributed by atoms with van der Waals surface area (Å²) in [6.45, 7) is 1.97. The summed E-state index contributed by atoms with van der Waals surface area (Å²) in [5, 5.41) is 9.46. The molecule has 1 unspecified atom stereocenters. The van der Waals surface area contributed by atoms with E-state index in [2.05, 4.69) is 15.5 Å². The fourth-order valence-electron chi connectivity index (χ4n) is 1.82. The molecule has 20 heavy (non-hydrogen) atoms. The van der Waals surface area contributed by atoms with Gasteiger partial charge < -0.3 is 5.32 Å². The van der Waals surface area contributed by atoms with Crippen LogP contribution in [0.15, 0.2) is 41.2 Å². The molecule has 0 saturated heterocycles. The van der Waals surface area contributed by atoms with Crippen LogP contribution in [0.4, 0.5) is 0 Å². The summed E-state index contributed by atoms with van der Waals surface area (Å²) in [5.74, 6) is -0.331. The van der Waals surface area contributed by atoms with Gasteiger partial charge >= 0.3 is 0 Å². The van der Waals surface area contributed by atoms with Gasteiger partial charge in [0.05, 0.1) is 6.04 Å². The highest BCUT2D eigenvalue weighted by Crippen LogP contribution is 2.19. The second-order valence-electron chi connectivity index (χ2n) is 4.29. The lowest BCUT2D eigenvalue weighted by Gasteiger charge is -2.17. The molecule has 1 amide bonds. The molecule has 1 heterocycles. The number of rotatable bonds is 4. The van der Waals surface area contributed by atoms with Crippen molar-refractivity contribution in [3.05, 3.63) is 63.0 Å². The van der Waals surface area contributed by atoms with Crippen LogP contribution in [0.5, 0.6) is 0 Å². The zero-order valence-electron chi connectivity index (χ0n) is 10.9. The minimum atomic E-state index is -0.341. The number of H-pyrrole nitrogens is 1. The summed E-state index contributed by atoms with van der Waals surface area (Å²) < 4.78 is 0. The Bertz CT molecular complexity index is 632. The first-order valence-corrected chi connectivity index (χ1v) is 6.60. The maximum Gasteiger partial charge on any atom is 0.272 e. The summed E-state index contributed by atoms with van der Waals surface area (Å²) in [7, 11) is 0. The Morgan fingerprint density at radius 3 is 2.55 bits per heavy atom. The molecule has 0 saturated carbocycles. The molecule has 1 aromatic carbocycles. The predicted molar refractivity (Wildman–Crippen MR) is 76.8 cm³/mol. The van der Waals surface area contributed by atoms with Crippen molar-refractivity contribution in [2.75, 3.05) is 0 Å². The lowest BCUT2D eigenvalue weighted by molar-refractivity contribution is 0.0929. The van der Waals surface area contributed by atoms with E-state index >= 15 is 0 Å². The molecule has 1 aromatic heterocycles. The summed E-state index contributed by atoms with van der Waals surface area (Å²) in [4.78, 5) is 23.0. The van der Waals surface area contributed by atoms with Gasteiger partial charge in [-0.1, -0.05) is 30.7 Å². The number of aromatic nitrogens is 2. The fraction of sp³-hybridized carbons (Fsp3) is 0.214. The number of nitrogens with zero attached hydrogens (tertiary/aromatic N) is 1. The van der Waals surface area contributed by atoms with Crippen molar-refractivity contribution in [3.63, 3.8) is 0 Å². The summed E-state index contributed by atoms with van der Waals surface area (Å²) in [5.41, 5.74) is 0.804. The Balaban J connectivity index is 2.13. The number of aromatic amines is 1. The van der Waals surface area contributed by atoms with Crippen molar-refractivity contribution >= 4 is 17.5 Å². The molecule has 6 heteroatoms. The first-order chi connectivity index (χ1) is 9.60. The summed E-state index contributed by atoms with van der Waals surface area (Å²) in [6.07, 6.45) is 0.733. The minimum absolute atomic E-state index is 0.131. The minimum Gasteiger partial charge on any atom is -0.344 e. The van der Waals surface area contributed by atoms with E-state index in [1.807, 2.05) is 19.1 Å². The molecule has 2 rings (SSSR count). The average Bonchev–Trinajstić information content (AvgIpc) is 2.46. The zero-order chi connectivity index (χ0) is 14.5. The van der Waals surface area contributed by atoms with Gasteiger partial charge in [-0.05, 0) is 30.2 Å². The highest BCUT2D eigenvalue weighted by atomic mass is 35.5. The van der Waals surface area contributed by atoms with Crippen molar-refractivity contribution in [1.29, 1.82) is 0 Å². The number of halogens is 1. The Morgan fingerprint density at radius 2 is 2.00 bits per heavy atom. The highest BCUT2D eigenvalue weighted by Gasteiger charge is 2.15. The van der Waals surface area contributed by atoms with Crippen molar-refractivity contribution in [2.45, 2.75) is 19.4 Å². The number of hydrogen-bond donors (Lipinski definition) is 2. The predicted octanol–water partition coefficient (Wildman–Crippen LogP) is 2.30. The van der Waals surface area contributed by atoms with Crippen LogP contribution in [0, 0.1) is 0 Å². The number of hydrogen-bond acceptors (Lipinski definition) is 3. The second kappa shape index (κ2) is 6.34. The normalized spacial score (nSPS) is 11.9. The first kappa shape index (κ1) is 14.3. The van der Waals surface area contributed by atoms with Crippen LogP contribution in [-0.2, 0) is 0 Å². The molecule has 0 aliphatic rings. The molecule has 0 bridgehead atoms. The molecule has 0 radical (unpaired) electrons. The van der Waals surface area contributed by atoms with Gasteiger partial charge in [0.1, 0.15) is 5.69 Å². The van der Waals surface area contributed by atoms with Gasteiger partial charge in [-0.3, -0.25) is 9.59 Å². The van der Waals surface area contributed by atoms with Crippen molar-refractivity contribution in [3.8, 4) is 0 Å². The molecule has 0 aliphatic carbocycles. The fourth-order valence-corrected chi connectivity index (χ4v) is 1.95. The third-order valence-corrected chi connectivity index (χ3v) is 3.15. The third kappa shape index (κ3) is 3.45. The van der Waals surface area contributed by atoms with Crippen molar-refractivity contribution in [2.24, 2.45) is 0 Å². The van der Waals surface area contributed by atoms with Gasteiger partial charge in [-0.2, -0.15) is 5.10 Å². The van der Waals surface area contributed by atoms with Gasteiger partial charge in [0.25, 0.3) is 11.5 Å². The molecule has 1 atom stereocenters. The largest absolute Gasteiger partial charge is 0.344 e. The lowest BCUT2D eigenvalue weighted by atomic mass is 10.0. The quantitative estimate of drug-likeness (QED) is 0.907. The standard InChI is InChI=1S/C14H14ClN3O2/c1-2-11(9-3-5-10(15)6-4-9)16-14(20)12-7-8-13(19)18-17-12/h3-8,11H,2H2,1H3,(H,16,20)(H,18,19). The van der Waals surface area contributed by atoms with Gasteiger partial charge in [0.2, 0.25) is 0 Å². The summed E-state index contributed by atoms with van der Waals surface area (Å²) in [6, 6.07) is 9.84. The van der Waals surface area contributed by atoms with E-state index in [9.17, 15) is 9.59 Å². The van der Waals surface area contributed by atoms with Crippen LogP contribution in [0.3, 0.4) is 0 Å². The topological polar surface area (TPSA) is 74.8 Å². The van der Waals surface area contributed by atoms with Crippen molar-refractivity contribution in [1.82, 2.24) is 15.5 Å². The SMILES string of the molecule is CCC(NC(=O)c1ccc(=O)[nH]n1)c1ccc(Cl)cc1. The average molecular weight is 292 g/mol. The molecular weight excluding hydrogens is 278 g/mol. The Labute approximate surface area is 121 Å². The van der Waals surface area contributed by atoms with E-state index in [0.717, 1.165) is 12.0 Å². The van der Waals surface area contributed by atoms with Gasteiger partial charge in [0, 0.05) is 11.1 Å². The number of carbonyl (C=O) groups excluding carboxylic acids is 1. The molecule has 0 fully saturated rings. The maximum absolute atomic E-state index is 12.0. The van der Waals surface area contributed by atoms with Crippen LogP contribution in [0.2, 0.25) is 5.02 Å². The van der Waals surface area contributed by atoms with Crippen LogP contribution < -0.4 is 10.9 Å². The lowest BCUT2D eigenvalue weighted by Crippen LogP contribution is -2.29. The number of nitrogens with one attached hydrogen (secondary N) is 2. The van der Waals surface area contributed by atoms with E-state index < -0.39 is 0 Å². The summed E-state index contributed by atoms with van der Waals surface area (Å²) >= 11 is 5.84. The van der Waals surface area contributed by atoms with Crippen LogP contribution in [0.1, 0.15) is 35.4 Å². The van der Waals surface area contributed by atoms with Crippen LogP contribution >= 0.6 is 11.6 Å². The van der Waals surface area contributed by atoms with Gasteiger partial charge in [0.15, 0.2) is 0 Å². The van der Waals surface area contributed by atoms with E-state index in [-0.39, 0.29) is 23.2 Å². The molecule has 0 aliphatic heterocycles. The van der Waals surface area contributed by atoms with E-state index in [0.29, 0.717) is 5.02 Å². The van der Waals surface area contributed by atoms with Crippen LogP contribution in [-0.4, -0.2) is 16.1 Å². The molecular formula is C14H14ClN3O2. The molecule has 2 aromatic rings.